The highest BCUT2D eigenvalue weighted by Crippen LogP contribution is 2.41. The molecule has 0 spiro atoms. The molecule has 0 radical (unpaired) electrons. The third-order valence-corrected chi connectivity index (χ3v) is 11.6. The van der Waals surface area contributed by atoms with Crippen LogP contribution in [0.3, 0.4) is 0 Å². The van der Waals surface area contributed by atoms with Crippen molar-refractivity contribution in [1.82, 2.24) is 4.57 Å². The molecule has 11 rings (SSSR count). The Balaban J connectivity index is 0.979. The van der Waals surface area contributed by atoms with E-state index in [0.29, 0.717) is 0 Å². The van der Waals surface area contributed by atoms with E-state index in [1.165, 1.54) is 38.5 Å². The van der Waals surface area contributed by atoms with Gasteiger partial charge in [-0.3, -0.25) is 0 Å². The summed E-state index contributed by atoms with van der Waals surface area (Å²) in [6.45, 7) is 3.91. The quantitative estimate of drug-likeness (QED) is 0.154. The number of aromatic nitrogens is 1. The van der Waals surface area contributed by atoms with Crippen molar-refractivity contribution in [3.8, 4) is 39.1 Å². The zero-order chi connectivity index (χ0) is 39.3. The van der Waals surface area contributed by atoms with E-state index in [1.807, 2.05) is 18.2 Å². The van der Waals surface area contributed by atoms with Gasteiger partial charge in [0.2, 0.25) is 0 Å². The summed E-state index contributed by atoms with van der Waals surface area (Å²) in [6, 6.07) is 75.9. The first kappa shape index (κ1) is 34.4. The summed E-state index contributed by atoms with van der Waals surface area (Å²) in [4.78, 5) is 2.33. The summed E-state index contributed by atoms with van der Waals surface area (Å²) in [5, 5.41) is 4.75. The number of furan rings is 1. The number of hydrogen-bond donors (Lipinski definition) is 0. The molecule has 2 aromatic heterocycles. The van der Waals surface area contributed by atoms with Gasteiger partial charge in [-0.25, -0.2) is 0 Å². The van der Waals surface area contributed by atoms with Crippen LogP contribution in [0.15, 0.2) is 223 Å². The van der Waals surface area contributed by atoms with Crippen LogP contribution in [0.5, 0.6) is 0 Å². The summed E-state index contributed by atoms with van der Waals surface area (Å²) in [5.74, 6) is 0. The molecule has 0 aliphatic heterocycles. The van der Waals surface area contributed by atoms with Crippen molar-refractivity contribution in [2.75, 3.05) is 4.90 Å². The molecule has 0 unspecified atom stereocenters. The third-order valence-electron chi connectivity index (χ3n) is 11.6. The molecular weight excluding hydrogens is 717 g/mol. The Hall–Kier alpha value is -7.88. The molecule has 0 saturated heterocycles. The fourth-order valence-electron chi connectivity index (χ4n) is 8.64. The molecule has 59 heavy (non-hydrogen) atoms. The molecule has 0 aliphatic rings. The lowest BCUT2D eigenvalue weighted by molar-refractivity contribution is 0.670. The van der Waals surface area contributed by atoms with Crippen LogP contribution in [0, 0.1) is 0 Å². The molecule has 0 amide bonds. The van der Waals surface area contributed by atoms with Gasteiger partial charge in [-0.15, -0.1) is 0 Å². The monoisotopic (exact) mass is 754 g/mol. The summed E-state index contributed by atoms with van der Waals surface area (Å²) in [6.07, 6.45) is 1.88. The van der Waals surface area contributed by atoms with Crippen molar-refractivity contribution in [3.63, 3.8) is 0 Å². The number of fused-ring (bicyclic) bond motifs is 6. The Bertz CT molecular complexity index is 3300. The van der Waals surface area contributed by atoms with E-state index in [2.05, 4.69) is 216 Å². The van der Waals surface area contributed by atoms with E-state index < -0.39 is 0 Å². The predicted molar refractivity (Wildman–Crippen MR) is 249 cm³/mol. The molecule has 3 nitrogen and oxygen atoms in total. The zero-order valence-electron chi connectivity index (χ0n) is 32.3. The lowest BCUT2D eigenvalue weighted by Gasteiger charge is -2.26. The van der Waals surface area contributed by atoms with E-state index in [9.17, 15) is 0 Å². The van der Waals surface area contributed by atoms with Gasteiger partial charge in [0.15, 0.2) is 0 Å². The molecule has 3 heteroatoms. The third kappa shape index (κ3) is 6.00. The van der Waals surface area contributed by atoms with Crippen LogP contribution in [0.1, 0.15) is 5.56 Å². The van der Waals surface area contributed by atoms with E-state index in [1.54, 1.807) is 0 Å². The van der Waals surface area contributed by atoms with Gasteiger partial charge < -0.3 is 13.9 Å². The van der Waals surface area contributed by atoms with E-state index in [0.717, 1.165) is 66.9 Å². The number of para-hydroxylation sites is 4. The Morgan fingerprint density at radius 2 is 0.932 bits per heavy atom. The van der Waals surface area contributed by atoms with Gasteiger partial charge in [-0.05, 0) is 106 Å². The first-order valence-corrected chi connectivity index (χ1v) is 20.0. The van der Waals surface area contributed by atoms with Crippen molar-refractivity contribution >= 4 is 66.9 Å². The summed E-state index contributed by atoms with van der Waals surface area (Å²) >= 11 is 0. The van der Waals surface area contributed by atoms with Crippen molar-refractivity contribution in [2.45, 2.75) is 0 Å². The second-order valence-electron chi connectivity index (χ2n) is 15.0. The number of nitrogens with zero attached hydrogens (tertiary/aromatic N) is 2. The average Bonchev–Trinajstić information content (AvgIpc) is 3.86. The Labute approximate surface area is 343 Å². The molecule has 2 heterocycles. The van der Waals surface area contributed by atoms with E-state index in [4.69, 9.17) is 4.42 Å². The van der Waals surface area contributed by atoms with Crippen LogP contribution in [-0.4, -0.2) is 4.57 Å². The van der Waals surface area contributed by atoms with Crippen molar-refractivity contribution < 1.29 is 4.42 Å². The summed E-state index contributed by atoms with van der Waals surface area (Å²) in [7, 11) is 0. The molecule has 0 fully saturated rings. The van der Waals surface area contributed by atoms with Crippen molar-refractivity contribution in [3.05, 3.63) is 224 Å². The average molecular weight is 755 g/mol. The molecule has 0 N–H and O–H groups in total. The Kier molecular flexibility index (Phi) is 8.30. The van der Waals surface area contributed by atoms with Crippen LogP contribution >= 0.6 is 0 Å². The smallest absolute Gasteiger partial charge is 0.143 e. The van der Waals surface area contributed by atoms with Crippen molar-refractivity contribution in [2.24, 2.45) is 0 Å². The number of anilines is 3. The van der Waals surface area contributed by atoms with Gasteiger partial charge in [-0.1, -0.05) is 152 Å². The van der Waals surface area contributed by atoms with Crippen LogP contribution in [0.4, 0.5) is 17.1 Å². The van der Waals surface area contributed by atoms with Gasteiger partial charge in [-0.2, -0.15) is 0 Å². The van der Waals surface area contributed by atoms with Crippen LogP contribution in [0.25, 0.3) is 88.9 Å². The van der Waals surface area contributed by atoms with E-state index in [-0.39, 0.29) is 0 Å². The molecule has 0 atom stereocenters. The topological polar surface area (TPSA) is 21.3 Å². The molecule has 0 saturated carbocycles. The van der Waals surface area contributed by atoms with Crippen LogP contribution in [0.2, 0.25) is 0 Å². The highest BCUT2D eigenvalue weighted by atomic mass is 16.3. The van der Waals surface area contributed by atoms with Gasteiger partial charge in [0.25, 0.3) is 0 Å². The molecule has 0 bridgehead atoms. The summed E-state index contributed by atoms with van der Waals surface area (Å²) < 4.78 is 8.77. The standard InChI is InChI=1S/C56H38N2O/c1-2-38-19-21-39(22-20-38)40-23-30-45(31-24-40)57(47-34-27-42(28-35-47)48-15-10-16-51-50-14-7-9-18-55(50)59-56(48)51)46-32-25-41(26-33-46)43-29-36-54-52(37-43)49-13-6-8-17-53(49)58(54)44-11-4-3-5-12-44/h2-37H,1H2. The highest BCUT2D eigenvalue weighted by molar-refractivity contribution is 6.11. The minimum atomic E-state index is 0.903. The minimum absolute atomic E-state index is 0.903. The zero-order valence-corrected chi connectivity index (χ0v) is 32.3. The Morgan fingerprint density at radius 3 is 1.61 bits per heavy atom. The lowest BCUT2D eigenvalue weighted by atomic mass is 10.0. The normalized spacial score (nSPS) is 11.5. The van der Waals surface area contributed by atoms with E-state index >= 15 is 0 Å². The fraction of sp³-hybridized carbons (Fsp3) is 0. The second kappa shape index (κ2) is 14.3. The van der Waals surface area contributed by atoms with Gasteiger partial charge >= 0.3 is 0 Å². The second-order valence-corrected chi connectivity index (χ2v) is 15.0. The molecule has 0 aliphatic carbocycles. The molecule has 11 aromatic rings. The number of rotatable bonds is 8. The number of hydrogen-bond acceptors (Lipinski definition) is 2. The maximum Gasteiger partial charge on any atom is 0.143 e. The molecule has 9 aromatic carbocycles. The van der Waals surface area contributed by atoms with Gasteiger partial charge in [0.1, 0.15) is 11.2 Å². The highest BCUT2D eigenvalue weighted by Gasteiger charge is 2.17. The van der Waals surface area contributed by atoms with Gasteiger partial charge in [0.05, 0.1) is 11.0 Å². The minimum Gasteiger partial charge on any atom is -0.455 e. The van der Waals surface area contributed by atoms with Crippen LogP contribution < -0.4 is 4.90 Å². The maximum absolute atomic E-state index is 6.41. The Morgan fingerprint density at radius 1 is 0.407 bits per heavy atom. The maximum atomic E-state index is 6.41. The van der Waals surface area contributed by atoms with Crippen molar-refractivity contribution in [1.29, 1.82) is 0 Å². The van der Waals surface area contributed by atoms with Gasteiger partial charge in [0, 0.05) is 49.9 Å². The largest absolute Gasteiger partial charge is 0.455 e. The number of benzene rings is 9. The SMILES string of the molecule is C=Cc1ccc(-c2ccc(N(c3ccc(-c4ccc5c(c4)c4ccccc4n5-c4ccccc4)cc3)c3ccc(-c4cccc5c4oc4ccccc45)cc3)cc2)cc1. The molecule has 278 valence electrons. The lowest BCUT2D eigenvalue weighted by Crippen LogP contribution is -2.09. The molecular formula is C56H38N2O. The first-order chi connectivity index (χ1) is 29.2. The first-order valence-electron chi connectivity index (χ1n) is 20.0. The summed E-state index contributed by atoms with van der Waals surface area (Å²) in [5.41, 5.74) is 16.6. The van der Waals surface area contributed by atoms with Crippen LogP contribution in [-0.2, 0) is 0 Å². The predicted octanol–water partition coefficient (Wildman–Crippen LogP) is 15.8. The fourth-order valence-corrected chi connectivity index (χ4v) is 8.64.